The summed E-state index contributed by atoms with van der Waals surface area (Å²) in [6.45, 7) is -0.0678. The molecule has 0 spiro atoms. The first-order chi connectivity index (χ1) is 10.3. The minimum absolute atomic E-state index is 0.520. The van der Waals surface area contributed by atoms with Crippen molar-refractivity contribution < 1.29 is 39.9 Å². The zero-order chi connectivity index (χ0) is 17.3. The molecule has 1 rings (SSSR count). The number of unbranched alkanes of at least 4 members (excludes halogenated alkanes) is 1. The number of carbonyl (C=O) groups is 2. The molecule has 128 valence electrons. The lowest BCUT2D eigenvalue weighted by Gasteiger charge is -2.13. The molecule has 10 heteroatoms. The van der Waals surface area contributed by atoms with Crippen LogP contribution in [0.3, 0.4) is 0 Å². The second-order valence-corrected chi connectivity index (χ2v) is 4.54. The van der Waals surface area contributed by atoms with Crippen molar-refractivity contribution in [2.75, 3.05) is 13.2 Å². The Balaban J connectivity index is 0.000000409. The van der Waals surface area contributed by atoms with E-state index in [2.05, 4.69) is 4.74 Å². The number of carboxylic acid groups (broad SMARTS) is 1. The molecule has 0 aromatic heterocycles. The van der Waals surface area contributed by atoms with Crippen molar-refractivity contribution in [3.63, 3.8) is 0 Å². The van der Waals surface area contributed by atoms with Crippen molar-refractivity contribution in [1.82, 2.24) is 0 Å². The van der Waals surface area contributed by atoms with E-state index >= 15 is 0 Å². The van der Waals surface area contributed by atoms with Crippen LogP contribution in [0.25, 0.3) is 0 Å². The van der Waals surface area contributed by atoms with Crippen molar-refractivity contribution >= 4 is 11.9 Å². The van der Waals surface area contributed by atoms with E-state index in [9.17, 15) is 9.59 Å². The molecule has 1 heterocycles. The lowest BCUT2D eigenvalue weighted by Crippen LogP contribution is -2.31. The first-order valence-electron chi connectivity index (χ1n) is 6.56. The van der Waals surface area contributed by atoms with Gasteiger partial charge in [0.25, 0.3) is 0 Å². The maximum absolute atomic E-state index is 10.5. The van der Waals surface area contributed by atoms with Gasteiger partial charge < -0.3 is 41.7 Å². The van der Waals surface area contributed by atoms with Crippen LogP contribution >= 0.6 is 0 Å². The number of rotatable bonds is 7. The SMILES string of the molecule is NCCCCC(N)C(=O)O.O=C1O[C@H]([C@@H](O)CO)C(O)=C1O. The van der Waals surface area contributed by atoms with Crippen molar-refractivity contribution in [3.05, 3.63) is 11.5 Å². The van der Waals surface area contributed by atoms with Gasteiger partial charge in [-0.2, -0.15) is 0 Å². The maximum Gasteiger partial charge on any atom is 0.377 e. The molecule has 0 fully saturated rings. The number of carbonyl (C=O) groups excluding carboxylic acids is 1. The summed E-state index contributed by atoms with van der Waals surface area (Å²) in [6.07, 6.45) is -0.613. The molecule has 10 nitrogen and oxygen atoms in total. The van der Waals surface area contributed by atoms with Gasteiger partial charge in [-0.1, -0.05) is 6.42 Å². The minimum Gasteiger partial charge on any atom is -0.505 e. The predicted octanol–water partition coefficient (Wildman–Crippen LogP) is -1.88. The van der Waals surface area contributed by atoms with Crippen molar-refractivity contribution in [1.29, 1.82) is 0 Å². The number of aliphatic carboxylic acids is 1. The topological polar surface area (TPSA) is 197 Å². The van der Waals surface area contributed by atoms with Crippen molar-refractivity contribution in [2.24, 2.45) is 11.5 Å². The minimum atomic E-state index is -1.42. The molecular formula is C12H22N2O8. The quantitative estimate of drug-likeness (QED) is 0.206. The van der Waals surface area contributed by atoms with E-state index < -0.39 is 48.3 Å². The molecule has 0 saturated heterocycles. The number of carboxylic acids is 1. The summed E-state index contributed by atoms with van der Waals surface area (Å²) in [5.41, 5.74) is 10.4. The molecule has 0 aromatic carbocycles. The highest BCUT2D eigenvalue weighted by molar-refractivity contribution is 5.89. The molecule has 1 aliphatic rings. The number of ether oxygens (including phenoxy) is 1. The number of cyclic esters (lactones) is 1. The van der Waals surface area contributed by atoms with E-state index in [0.717, 1.165) is 12.8 Å². The monoisotopic (exact) mass is 322 g/mol. The van der Waals surface area contributed by atoms with Gasteiger partial charge in [-0.3, -0.25) is 4.79 Å². The van der Waals surface area contributed by atoms with E-state index in [-0.39, 0.29) is 0 Å². The fourth-order valence-corrected chi connectivity index (χ4v) is 1.45. The summed E-state index contributed by atoms with van der Waals surface area (Å²) in [6, 6.07) is -0.716. The van der Waals surface area contributed by atoms with Crippen LogP contribution in [-0.2, 0) is 14.3 Å². The number of aliphatic hydroxyl groups excluding tert-OH is 4. The van der Waals surface area contributed by atoms with Crippen LogP contribution in [0.2, 0.25) is 0 Å². The third-order valence-corrected chi connectivity index (χ3v) is 2.76. The molecular weight excluding hydrogens is 300 g/mol. The maximum atomic E-state index is 10.5. The Hall–Kier alpha value is -1.88. The normalized spacial score (nSPS) is 20.0. The van der Waals surface area contributed by atoms with Crippen LogP contribution in [0.4, 0.5) is 0 Å². The van der Waals surface area contributed by atoms with E-state index in [1.54, 1.807) is 0 Å². The zero-order valence-electron chi connectivity index (χ0n) is 11.9. The molecule has 0 aromatic rings. The van der Waals surface area contributed by atoms with Crippen LogP contribution in [0, 0.1) is 0 Å². The number of nitrogens with two attached hydrogens (primary N) is 2. The Morgan fingerprint density at radius 3 is 2.27 bits per heavy atom. The van der Waals surface area contributed by atoms with Gasteiger partial charge in [0, 0.05) is 0 Å². The molecule has 9 N–H and O–H groups in total. The predicted molar refractivity (Wildman–Crippen MR) is 73.8 cm³/mol. The van der Waals surface area contributed by atoms with Gasteiger partial charge >= 0.3 is 11.9 Å². The number of esters is 1. The summed E-state index contributed by atoms with van der Waals surface area (Å²) >= 11 is 0. The average Bonchev–Trinajstić information content (AvgIpc) is 2.74. The zero-order valence-corrected chi connectivity index (χ0v) is 11.9. The summed E-state index contributed by atoms with van der Waals surface area (Å²) in [5.74, 6) is -3.71. The van der Waals surface area contributed by atoms with E-state index in [1.165, 1.54) is 0 Å². The summed E-state index contributed by atoms with van der Waals surface area (Å²) in [5, 5.41) is 43.4. The highest BCUT2D eigenvalue weighted by atomic mass is 16.6. The Morgan fingerprint density at radius 2 is 1.91 bits per heavy atom. The van der Waals surface area contributed by atoms with Crippen molar-refractivity contribution in [3.8, 4) is 0 Å². The van der Waals surface area contributed by atoms with Gasteiger partial charge in [0.2, 0.25) is 5.76 Å². The lowest BCUT2D eigenvalue weighted by atomic mass is 10.1. The lowest BCUT2D eigenvalue weighted by molar-refractivity contribution is -0.147. The van der Waals surface area contributed by atoms with Gasteiger partial charge in [-0.15, -0.1) is 0 Å². The molecule has 0 aliphatic carbocycles. The van der Waals surface area contributed by atoms with E-state index in [0.29, 0.717) is 13.0 Å². The Bertz CT molecular complexity index is 412. The average molecular weight is 322 g/mol. The molecule has 0 bridgehead atoms. The van der Waals surface area contributed by atoms with Crippen LogP contribution in [0.1, 0.15) is 19.3 Å². The van der Waals surface area contributed by atoms with Crippen molar-refractivity contribution in [2.45, 2.75) is 37.5 Å². The van der Waals surface area contributed by atoms with Crippen LogP contribution < -0.4 is 11.5 Å². The molecule has 1 unspecified atom stereocenters. The molecule has 0 amide bonds. The summed E-state index contributed by atoms with van der Waals surface area (Å²) in [4.78, 5) is 20.7. The molecule has 0 radical (unpaired) electrons. The number of aliphatic hydroxyl groups is 4. The number of hydrogen-bond acceptors (Lipinski definition) is 9. The standard InChI is InChI=1S/C6H14N2O2.C6H8O6/c7-4-2-1-3-5(8)6(9)10;7-1-2(8)5-3(9)4(10)6(11)12-5/h5H,1-4,7-8H2,(H,9,10);2,5,7-10H,1H2/t;2-,5+/m.0/s1. The Labute approximate surface area is 126 Å². The molecule has 3 atom stereocenters. The first kappa shape index (κ1) is 20.1. The summed E-state index contributed by atoms with van der Waals surface area (Å²) < 4.78 is 4.32. The Kier molecular flexibility index (Phi) is 9.10. The molecule has 22 heavy (non-hydrogen) atoms. The van der Waals surface area contributed by atoms with Crippen LogP contribution in [0.15, 0.2) is 11.5 Å². The highest BCUT2D eigenvalue weighted by Crippen LogP contribution is 2.20. The summed E-state index contributed by atoms with van der Waals surface area (Å²) in [7, 11) is 0. The van der Waals surface area contributed by atoms with Gasteiger partial charge in [0.05, 0.1) is 6.61 Å². The molecule has 0 saturated carbocycles. The third-order valence-electron chi connectivity index (χ3n) is 2.76. The van der Waals surface area contributed by atoms with Gasteiger partial charge in [-0.25, -0.2) is 4.79 Å². The smallest absolute Gasteiger partial charge is 0.377 e. The van der Waals surface area contributed by atoms with Gasteiger partial charge in [-0.05, 0) is 19.4 Å². The molecule has 1 aliphatic heterocycles. The fourth-order valence-electron chi connectivity index (χ4n) is 1.45. The second-order valence-electron chi connectivity index (χ2n) is 4.54. The van der Waals surface area contributed by atoms with Crippen LogP contribution in [-0.4, -0.2) is 68.9 Å². The van der Waals surface area contributed by atoms with E-state index in [4.69, 9.17) is 37.0 Å². The van der Waals surface area contributed by atoms with Gasteiger partial charge in [0.15, 0.2) is 11.9 Å². The fraction of sp³-hybridized carbons (Fsp3) is 0.667. The first-order valence-corrected chi connectivity index (χ1v) is 6.56. The number of hydrogen-bond donors (Lipinski definition) is 7. The Morgan fingerprint density at radius 1 is 1.32 bits per heavy atom. The van der Waals surface area contributed by atoms with Gasteiger partial charge in [0.1, 0.15) is 12.1 Å². The second kappa shape index (κ2) is 9.95. The van der Waals surface area contributed by atoms with E-state index in [1.807, 2.05) is 0 Å². The third kappa shape index (κ3) is 6.26. The highest BCUT2D eigenvalue weighted by Gasteiger charge is 2.38. The van der Waals surface area contributed by atoms with Crippen LogP contribution in [0.5, 0.6) is 0 Å². The largest absolute Gasteiger partial charge is 0.505 e.